The summed E-state index contributed by atoms with van der Waals surface area (Å²) in [5.74, 6) is 0. The standard InChI is InChI=1S/C5H5BrN2.C3H6O2/c1-4-2-8-5(6)3-7-4;1-2-5-3-4/h2-3H,1H3;3H,2H2,1H3. The van der Waals surface area contributed by atoms with Crippen molar-refractivity contribution in [2.24, 2.45) is 0 Å². The van der Waals surface area contributed by atoms with E-state index in [9.17, 15) is 4.79 Å². The van der Waals surface area contributed by atoms with Gasteiger partial charge < -0.3 is 4.74 Å². The van der Waals surface area contributed by atoms with Crippen LogP contribution in [0.25, 0.3) is 0 Å². The molecule has 0 unspecified atom stereocenters. The Morgan fingerprint density at radius 1 is 1.54 bits per heavy atom. The molecule has 4 nitrogen and oxygen atoms in total. The zero-order valence-corrected chi connectivity index (χ0v) is 9.11. The van der Waals surface area contributed by atoms with Crippen LogP contribution in [0.3, 0.4) is 0 Å². The fourth-order valence-corrected chi connectivity index (χ4v) is 0.650. The molecule has 1 rings (SSSR count). The topological polar surface area (TPSA) is 52.1 Å². The first-order valence-electron chi connectivity index (χ1n) is 3.70. The first-order valence-corrected chi connectivity index (χ1v) is 4.49. The second-order valence-corrected chi connectivity index (χ2v) is 2.84. The van der Waals surface area contributed by atoms with Gasteiger partial charge in [0.1, 0.15) is 4.60 Å². The largest absolute Gasteiger partial charge is 0.468 e. The molecule has 0 bridgehead atoms. The van der Waals surface area contributed by atoms with Crippen molar-refractivity contribution < 1.29 is 9.53 Å². The van der Waals surface area contributed by atoms with Gasteiger partial charge >= 0.3 is 0 Å². The van der Waals surface area contributed by atoms with Crippen LogP contribution in [0.2, 0.25) is 0 Å². The number of rotatable bonds is 2. The molecule has 0 aliphatic rings. The summed E-state index contributed by atoms with van der Waals surface area (Å²) in [6, 6.07) is 0. The van der Waals surface area contributed by atoms with Crippen molar-refractivity contribution in [2.75, 3.05) is 6.61 Å². The Morgan fingerprint density at radius 2 is 2.23 bits per heavy atom. The Balaban J connectivity index is 0.000000252. The highest BCUT2D eigenvalue weighted by Gasteiger charge is 1.84. The van der Waals surface area contributed by atoms with Crippen LogP contribution in [0, 0.1) is 6.92 Å². The molecule has 0 radical (unpaired) electrons. The molecule has 72 valence electrons. The van der Waals surface area contributed by atoms with Crippen LogP contribution in [0.15, 0.2) is 17.0 Å². The van der Waals surface area contributed by atoms with E-state index in [1.54, 1.807) is 19.3 Å². The molecule has 0 N–H and O–H groups in total. The molecule has 0 saturated carbocycles. The number of hydrogen-bond acceptors (Lipinski definition) is 4. The number of aromatic nitrogens is 2. The van der Waals surface area contributed by atoms with Crippen LogP contribution >= 0.6 is 15.9 Å². The molecule has 0 aromatic carbocycles. The van der Waals surface area contributed by atoms with E-state index in [1.807, 2.05) is 6.92 Å². The van der Waals surface area contributed by atoms with Gasteiger partial charge in [-0.15, -0.1) is 0 Å². The van der Waals surface area contributed by atoms with E-state index >= 15 is 0 Å². The number of halogens is 1. The third kappa shape index (κ3) is 7.39. The third-order valence-electron chi connectivity index (χ3n) is 0.984. The minimum Gasteiger partial charge on any atom is -0.468 e. The van der Waals surface area contributed by atoms with Crippen molar-refractivity contribution in [1.29, 1.82) is 0 Å². The molecule has 0 atom stereocenters. The maximum Gasteiger partial charge on any atom is 0.293 e. The summed E-state index contributed by atoms with van der Waals surface area (Å²) in [7, 11) is 0. The van der Waals surface area contributed by atoms with Crippen molar-refractivity contribution in [3.05, 3.63) is 22.7 Å². The SMILES string of the molecule is CCOC=O.Cc1cnc(Br)cn1. The summed E-state index contributed by atoms with van der Waals surface area (Å²) in [6.45, 7) is 4.57. The van der Waals surface area contributed by atoms with Crippen LogP contribution in [0.4, 0.5) is 0 Å². The highest BCUT2D eigenvalue weighted by molar-refractivity contribution is 9.10. The number of aryl methyl sites for hydroxylation is 1. The molecule has 1 aromatic heterocycles. The lowest BCUT2D eigenvalue weighted by atomic mass is 10.5. The lowest BCUT2D eigenvalue weighted by Crippen LogP contribution is -1.81. The van der Waals surface area contributed by atoms with Gasteiger partial charge in [-0.3, -0.25) is 9.78 Å². The van der Waals surface area contributed by atoms with Crippen LogP contribution < -0.4 is 0 Å². The number of carbonyl (C=O) groups excluding carboxylic acids is 1. The van der Waals surface area contributed by atoms with Gasteiger partial charge in [0.2, 0.25) is 0 Å². The monoisotopic (exact) mass is 246 g/mol. The van der Waals surface area contributed by atoms with Crippen molar-refractivity contribution in [2.45, 2.75) is 13.8 Å². The summed E-state index contributed by atoms with van der Waals surface area (Å²) in [6.07, 6.45) is 3.39. The lowest BCUT2D eigenvalue weighted by molar-refractivity contribution is -0.128. The third-order valence-corrected chi connectivity index (χ3v) is 1.39. The fourth-order valence-electron chi connectivity index (χ4n) is 0.445. The lowest BCUT2D eigenvalue weighted by Gasteiger charge is -1.87. The molecule has 0 aliphatic heterocycles. The predicted octanol–water partition coefficient (Wildman–Crippen LogP) is 1.73. The fraction of sp³-hybridized carbons (Fsp3) is 0.375. The highest BCUT2D eigenvalue weighted by atomic mass is 79.9. The van der Waals surface area contributed by atoms with Gasteiger partial charge in [0.15, 0.2) is 0 Å². The van der Waals surface area contributed by atoms with Gasteiger partial charge in [-0.2, -0.15) is 0 Å². The Labute approximate surface area is 85.5 Å². The number of ether oxygens (including phenoxy) is 1. The van der Waals surface area contributed by atoms with E-state index < -0.39 is 0 Å². The molecular formula is C8H11BrN2O2. The quantitative estimate of drug-likeness (QED) is 0.747. The molecule has 0 spiro atoms. The molecular weight excluding hydrogens is 236 g/mol. The Bertz CT molecular complexity index is 217. The van der Waals surface area contributed by atoms with E-state index in [0.29, 0.717) is 13.1 Å². The number of carbonyl (C=O) groups is 1. The highest BCUT2D eigenvalue weighted by Crippen LogP contribution is 2.00. The molecule has 0 saturated heterocycles. The predicted molar refractivity (Wildman–Crippen MR) is 52.2 cm³/mol. The average Bonchev–Trinajstić information content (AvgIpc) is 2.13. The first-order chi connectivity index (χ1) is 6.20. The molecule has 1 heterocycles. The molecule has 5 heteroatoms. The Morgan fingerprint density at radius 3 is 2.46 bits per heavy atom. The second kappa shape index (κ2) is 7.67. The van der Waals surface area contributed by atoms with Gasteiger partial charge in [0, 0.05) is 6.20 Å². The van der Waals surface area contributed by atoms with E-state index in [-0.39, 0.29) is 0 Å². The molecule has 0 amide bonds. The first kappa shape index (κ1) is 12.0. The van der Waals surface area contributed by atoms with Gasteiger partial charge in [-0.05, 0) is 29.8 Å². The van der Waals surface area contributed by atoms with Crippen molar-refractivity contribution in [1.82, 2.24) is 9.97 Å². The Hall–Kier alpha value is -0.970. The van der Waals surface area contributed by atoms with Crippen molar-refractivity contribution >= 4 is 22.4 Å². The average molecular weight is 247 g/mol. The normalized spacial score (nSPS) is 8.23. The van der Waals surface area contributed by atoms with E-state index in [1.165, 1.54) is 0 Å². The zero-order chi connectivity index (χ0) is 10.1. The smallest absolute Gasteiger partial charge is 0.293 e. The van der Waals surface area contributed by atoms with Crippen LogP contribution in [-0.4, -0.2) is 23.0 Å². The van der Waals surface area contributed by atoms with Gasteiger partial charge in [0.05, 0.1) is 18.5 Å². The summed E-state index contributed by atoms with van der Waals surface area (Å²) in [5, 5.41) is 0. The van der Waals surface area contributed by atoms with E-state index in [2.05, 4.69) is 30.6 Å². The summed E-state index contributed by atoms with van der Waals surface area (Å²) < 4.78 is 4.93. The molecule has 0 fully saturated rings. The minimum absolute atomic E-state index is 0.431. The van der Waals surface area contributed by atoms with Crippen molar-refractivity contribution in [3.8, 4) is 0 Å². The number of nitrogens with zero attached hydrogens (tertiary/aromatic N) is 2. The summed E-state index contributed by atoms with van der Waals surface area (Å²) >= 11 is 3.17. The Kier molecular flexibility index (Phi) is 7.10. The van der Waals surface area contributed by atoms with Crippen LogP contribution in [0.1, 0.15) is 12.6 Å². The maximum absolute atomic E-state index is 9.18. The number of hydrogen-bond donors (Lipinski definition) is 0. The van der Waals surface area contributed by atoms with Gasteiger partial charge in [0.25, 0.3) is 6.47 Å². The zero-order valence-electron chi connectivity index (χ0n) is 7.53. The maximum atomic E-state index is 9.18. The van der Waals surface area contributed by atoms with E-state index in [0.717, 1.165) is 10.3 Å². The van der Waals surface area contributed by atoms with Crippen molar-refractivity contribution in [3.63, 3.8) is 0 Å². The molecule has 1 aromatic rings. The van der Waals surface area contributed by atoms with Gasteiger partial charge in [-0.1, -0.05) is 0 Å². The molecule has 0 aliphatic carbocycles. The summed E-state index contributed by atoms with van der Waals surface area (Å²) in [4.78, 5) is 17.1. The van der Waals surface area contributed by atoms with Crippen LogP contribution in [0.5, 0.6) is 0 Å². The summed E-state index contributed by atoms with van der Waals surface area (Å²) in [5.41, 5.74) is 0.938. The second-order valence-electron chi connectivity index (χ2n) is 2.03. The van der Waals surface area contributed by atoms with Crippen LogP contribution in [-0.2, 0) is 9.53 Å². The molecule has 13 heavy (non-hydrogen) atoms. The van der Waals surface area contributed by atoms with Gasteiger partial charge in [-0.25, -0.2) is 4.98 Å². The minimum atomic E-state index is 0.431. The van der Waals surface area contributed by atoms with E-state index in [4.69, 9.17) is 0 Å².